The lowest BCUT2D eigenvalue weighted by Crippen LogP contribution is -2.37. The van der Waals surface area contributed by atoms with Crippen LogP contribution in [0.5, 0.6) is 0 Å². The maximum atomic E-state index is 12.3. The molecule has 0 unspecified atom stereocenters. The van der Waals surface area contributed by atoms with Crippen molar-refractivity contribution >= 4 is 30.7 Å². The summed E-state index contributed by atoms with van der Waals surface area (Å²) in [6.07, 6.45) is 1.28. The van der Waals surface area contributed by atoms with Crippen molar-refractivity contribution in [3.63, 3.8) is 0 Å². The monoisotopic (exact) mass is 405 g/mol. The number of rotatable bonds is 6. The van der Waals surface area contributed by atoms with Crippen LogP contribution in [0.25, 0.3) is 0 Å². The third kappa shape index (κ3) is 6.37. The summed E-state index contributed by atoms with van der Waals surface area (Å²) in [5.41, 5.74) is 8.01. The number of carbonyl (C=O) groups excluding carboxylic acids is 1. The van der Waals surface area contributed by atoms with Gasteiger partial charge in [-0.25, -0.2) is 0 Å². The molecule has 26 heavy (non-hydrogen) atoms. The van der Waals surface area contributed by atoms with Gasteiger partial charge in [0, 0.05) is 32.7 Å². The predicted octanol–water partition coefficient (Wildman–Crippen LogP) is 1.48. The highest BCUT2D eigenvalue weighted by Crippen LogP contribution is 2.19. The molecule has 8 heteroatoms. The van der Waals surface area contributed by atoms with E-state index in [-0.39, 0.29) is 42.9 Å². The molecule has 0 saturated carbocycles. The Morgan fingerprint density at radius 1 is 1.15 bits per heavy atom. The molecule has 6 nitrogen and oxygen atoms in total. The molecule has 2 atom stereocenters. The average Bonchev–Trinajstić information content (AvgIpc) is 3.11. The Bertz CT molecular complexity index is 556. The van der Waals surface area contributed by atoms with Crippen LogP contribution in [0.2, 0.25) is 0 Å². The van der Waals surface area contributed by atoms with Crippen LogP contribution in [0.1, 0.15) is 24.0 Å². The van der Waals surface area contributed by atoms with Crippen LogP contribution in [0.3, 0.4) is 0 Å². The molecule has 0 radical (unpaired) electrons. The number of amides is 1. The number of nitrogens with two attached hydrogens (primary N) is 1. The van der Waals surface area contributed by atoms with Crippen molar-refractivity contribution in [1.29, 1.82) is 0 Å². The van der Waals surface area contributed by atoms with Crippen molar-refractivity contribution in [3.05, 3.63) is 35.4 Å². The Kier molecular flexibility index (Phi) is 10.5. The van der Waals surface area contributed by atoms with E-state index in [9.17, 15) is 4.79 Å². The molecular formula is C18H29Cl2N3O3. The zero-order chi connectivity index (χ0) is 16.8. The van der Waals surface area contributed by atoms with Gasteiger partial charge in [0.25, 0.3) is 0 Å². The molecule has 3 rings (SSSR count). The first-order valence-electron chi connectivity index (χ1n) is 8.76. The number of morpholine rings is 1. The first kappa shape index (κ1) is 23.1. The highest BCUT2D eigenvalue weighted by Gasteiger charge is 2.29. The van der Waals surface area contributed by atoms with Crippen molar-refractivity contribution < 1.29 is 14.3 Å². The van der Waals surface area contributed by atoms with Crippen LogP contribution >= 0.6 is 24.8 Å². The van der Waals surface area contributed by atoms with E-state index in [2.05, 4.69) is 22.3 Å². The molecule has 3 N–H and O–H groups in total. The smallest absolute Gasteiger partial charge is 0.249 e. The summed E-state index contributed by atoms with van der Waals surface area (Å²) in [6, 6.07) is 8.27. The molecular weight excluding hydrogens is 377 g/mol. The van der Waals surface area contributed by atoms with E-state index >= 15 is 0 Å². The summed E-state index contributed by atoms with van der Waals surface area (Å²) in [7, 11) is 0. The van der Waals surface area contributed by atoms with Gasteiger partial charge >= 0.3 is 0 Å². The molecule has 2 aliphatic rings. The minimum Gasteiger partial charge on any atom is -0.379 e. The molecule has 0 aliphatic carbocycles. The first-order chi connectivity index (χ1) is 11.8. The Balaban J connectivity index is 0.00000169. The van der Waals surface area contributed by atoms with Gasteiger partial charge < -0.3 is 20.5 Å². The Morgan fingerprint density at radius 3 is 2.50 bits per heavy atom. The van der Waals surface area contributed by atoms with E-state index < -0.39 is 0 Å². The molecule has 1 amide bonds. The lowest BCUT2D eigenvalue weighted by atomic mass is 10.1. The van der Waals surface area contributed by atoms with E-state index in [0.29, 0.717) is 13.1 Å². The predicted molar refractivity (Wildman–Crippen MR) is 106 cm³/mol. The lowest BCUT2D eigenvalue weighted by molar-refractivity contribution is -0.132. The van der Waals surface area contributed by atoms with Crippen molar-refractivity contribution in [2.45, 2.75) is 38.1 Å². The fourth-order valence-corrected chi connectivity index (χ4v) is 3.25. The number of hydrogen-bond acceptors (Lipinski definition) is 5. The van der Waals surface area contributed by atoms with E-state index in [1.54, 1.807) is 0 Å². The fourth-order valence-electron chi connectivity index (χ4n) is 3.25. The van der Waals surface area contributed by atoms with Crippen LogP contribution in [-0.4, -0.2) is 55.9 Å². The molecule has 148 valence electrons. The highest BCUT2D eigenvalue weighted by molar-refractivity contribution is 5.85. The molecule has 0 bridgehead atoms. The number of halogens is 2. The molecule has 1 aromatic rings. The van der Waals surface area contributed by atoms with Gasteiger partial charge in [-0.05, 0) is 24.0 Å². The van der Waals surface area contributed by atoms with Gasteiger partial charge in [-0.15, -0.1) is 24.8 Å². The van der Waals surface area contributed by atoms with Gasteiger partial charge in [0.2, 0.25) is 5.91 Å². The molecule has 0 aromatic heterocycles. The normalized spacial score (nSPS) is 23.0. The van der Waals surface area contributed by atoms with Gasteiger partial charge in [-0.3, -0.25) is 9.69 Å². The van der Waals surface area contributed by atoms with Gasteiger partial charge in [0.15, 0.2) is 0 Å². The summed E-state index contributed by atoms with van der Waals surface area (Å²) < 4.78 is 11.1. The molecule has 2 heterocycles. The molecule has 2 saturated heterocycles. The third-order valence-corrected chi connectivity index (χ3v) is 4.73. The van der Waals surface area contributed by atoms with Crippen molar-refractivity contribution in [1.82, 2.24) is 10.2 Å². The van der Waals surface area contributed by atoms with E-state index in [1.165, 1.54) is 5.56 Å². The SMILES string of the molecule is Cl.Cl.NC[C@H]1CC[C@@H](C(=O)NCc2ccccc2CN2CCOCC2)O1. The van der Waals surface area contributed by atoms with Gasteiger partial charge in [0.05, 0.1) is 19.3 Å². The molecule has 0 spiro atoms. The summed E-state index contributed by atoms with van der Waals surface area (Å²) >= 11 is 0. The average molecular weight is 406 g/mol. The van der Waals surface area contributed by atoms with Gasteiger partial charge in [0.1, 0.15) is 6.10 Å². The summed E-state index contributed by atoms with van der Waals surface area (Å²) in [5.74, 6) is -0.0351. The number of nitrogens with zero attached hydrogens (tertiary/aromatic N) is 1. The van der Waals surface area contributed by atoms with Crippen LogP contribution in [0.15, 0.2) is 24.3 Å². The Labute approximate surface area is 167 Å². The zero-order valence-electron chi connectivity index (χ0n) is 14.9. The molecule has 2 fully saturated rings. The van der Waals surface area contributed by atoms with Crippen molar-refractivity contribution in [2.24, 2.45) is 5.73 Å². The fraction of sp³-hybridized carbons (Fsp3) is 0.611. The zero-order valence-corrected chi connectivity index (χ0v) is 16.5. The summed E-state index contributed by atoms with van der Waals surface area (Å²) in [4.78, 5) is 14.7. The number of carbonyl (C=O) groups is 1. The topological polar surface area (TPSA) is 76.8 Å². The molecule has 1 aromatic carbocycles. The highest BCUT2D eigenvalue weighted by atomic mass is 35.5. The molecule has 2 aliphatic heterocycles. The lowest BCUT2D eigenvalue weighted by Gasteiger charge is -2.27. The summed E-state index contributed by atoms with van der Waals surface area (Å²) in [6.45, 7) is 5.40. The minimum atomic E-state index is -0.357. The largest absolute Gasteiger partial charge is 0.379 e. The van der Waals surface area contributed by atoms with E-state index in [0.717, 1.165) is 51.3 Å². The van der Waals surface area contributed by atoms with E-state index in [4.69, 9.17) is 15.2 Å². The number of hydrogen-bond donors (Lipinski definition) is 2. The number of nitrogens with one attached hydrogen (secondary N) is 1. The van der Waals surface area contributed by atoms with Crippen LogP contribution in [0.4, 0.5) is 0 Å². The maximum absolute atomic E-state index is 12.3. The minimum absolute atomic E-state index is 0. The Hall–Kier alpha value is -0.890. The number of ether oxygens (including phenoxy) is 2. The van der Waals surface area contributed by atoms with Crippen LogP contribution in [0, 0.1) is 0 Å². The second-order valence-corrected chi connectivity index (χ2v) is 6.43. The van der Waals surface area contributed by atoms with Crippen molar-refractivity contribution in [3.8, 4) is 0 Å². The Morgan fingerprint density at radius 2 is 1.85 bits per heavy atom. The number of benzene rings is 1. The standard InChI is InChI=1S/C18H27N3O3.2ClH/c19-11-16-5-6-17(24-16)18(22)20-12-14-3-1-2-4-15(14)13-21-7-9-23-10-8-21;;/h1-4,16-17H,5-13,19H2,(H,20,22);2*1H/t16-,17+;;/m1../s1. The van der Waals surface area contributed by atoms with Crippen molar-refractivity contribution in [2.75, 3.05) is 32.8 Å². The maximum Gasteiger partial charge on any atom is 0.249 e. The first-order valence-corrected chi connectivity index (χ1v) is 8.76. The van der Waals surface area contributed by atoms with Gasteiger partial charge in [-0.2, -0.15) is 0 Å². The third-order valence-electron chi connectivity index (χ3n) is 4.73. The quantitative estimate of drug-likeness (QED) is 0.749. The van der Waals surface area contributed by atoms with Crippen LogP contribution in [-0.2, 0) is 27.4 Å². The second kappa shape index (κ2) is 11.7. The summed E-state index contributed by atoms with van der Waals surface area (Å²) in [5, 5.41) is 3.02. The van der Waals surface area contributed by atoms with Gasteiger partial charge in [-0.1, -0.05) is 24.3 Å². The van der Waals surface area contributed by atoms with Crippen LogP contribution < -0.4 is 11.1 Å². The van der Waals surface area contributed by atoms with E-state index in [1.807, 2.05) is 12.1 Å². The second-order valence-electron chi connectivity index (χ2n) is 6.43.